The molecule has 2 aromatic heterocycles. The average molecular weight is 308 g/mol. The molecule has 21 heavy (non-hydrogen) atoms. The molecule has 5 nitrogen and oxygen atoms in total. The first-order valence-electron chi connectivity index (χ1n) is 7.25. The first kappa shape index (κ1) is 14.4. The molecule has 2 aromatic rings. The number of hydrogen-bond acceptors (Lipinski definition) is 3. The minimum absolute atomic E-state index is 0.00146. The van der Waals surface area contributed by atoms with E-state index in [4.69, 9.17) is 11.6 Å². The van der Waals surface area contributed by atoms with Gasteiger partial charge in [0.15, 0.2) is 10.8 Å². The van der Waals surface area contributed by atoms with E-state index in [-0.39, 0.29) is 29.6 Å². The third-order valence-corrected chi connectivity index (χ3v) is 4.43. The van der Waals surface area contributed by atoms with Gasteiger partial charge >= 0.3 is 0 Å². The summed E-state index contributed by atoms with van der Waals surface area (Å²) in [5.41, 5.74) is 1.00. The van der Waals surface area contributed by atoms with Gasteiger partial charge in [-0.3, -0.25) is 9.20 Å². The van der Waals surface area contributed by atoms with Crippen molar-refractivity contribution in [1.82, 2.24) is 14.7 Å². The van der Waals surface area contributed by atoms with Crippen LogP contribution >= 0.6 is 11.6 Å². The van der Waals surface area contributed by atoms with Gasteiger partial charge in [-0.1, -0.05) is 30.5 Å². The molecule has 2 N–H and O–H groups in total. The maximum Gasteiger partial charge on any atom is 0.271 e. The molecule has 0 bridgehead atoms. The highest BCUT2D eigenvalue weighted by Gasteiger charge is 2.28. The first-order chi connectivity index (χ1) is 10.2. The van der Waals surface area contributed by atoms with E-state index in [1.165, 1.54) is 0 Å². The lowest BCUT2D eigenvalue weighted by molar-refractivity contribution is 0.0867. The molecule has 2 unspecified atom stereocenters. The number of aromatic nitrogens is 2. The SMILES string of the molecule is O=C(NC1CCCCC1CO)c1c(Cl)nc2ccccn12. The van der Waals surface area contributed by atoms with E-state index in [0.29, 0.717) is 11.3 Å². The van der Waals surface area contributed by atoms with Crippen molar-refractivity contribution in [3.8, 4) is 0 Å². The standard InChI is InChI=1S/C15H18ClN3O2/c16-14-13(19-8-4-3-7-12(19)18-14)15(21)17-11-6-2-1-5-10(11)9-20/h3-4,7-8,10-11,20H,1-2,5-6,9H2,(H,17,21). The van der Waals surface area contributed by atoms with Gasteiger partial charge in [-0.05, 0) is 25.0 Å². The van der Waals surface area contributed by atoms with Crippen LogP contribution in [-0.2, 0) is 0 Å². The highest BCUT2D eigenvalue weighted by Crippen LogP contribution is 2.25. The number of rotatable bonds is 3. The molecule has 0 saturated heterocycles. The summed E-state index contributed by atoms with van der Waals surface area (Å²) in [5, 5.41) is 12.7. The molecule has 0 radical (unpaired) electrons. The fourth-order valence-corrected chi connectivity index (χ4v) is 3.29. The number of amides is 1. The zero-order chi connectivity index (χ0) is 14.8. The Morgan fingerprint density at radius 2 is 2.24 bits per heavy atom. The fourth-order valence-electron chi connectivity index (χ4n) is 3.02. The van der Waals surface area contributed by atoms with Crippen molar-refractivity contribution < 1.29 is 9.90 Å². The fraction of sp³-hybridized carbons (Fsp3) is 0.467. The van der Waals surface area contributed by atoms with E-state index in [0.717, 1.165) is 25.7 Å². The predicted molar refractivity (Wildman–Crippen MR) is 80.5 cm³/mol. The number of aliphatic hydroxyl groups excluding tert-OH is 1. The van der Waals surface area contributed by atoms with Crippen LogP contribution in [0, 0.1) is 5.92 Å². The molecule has 1 amide bonds. The van der Waals surface area contributed by atoms with E-state index in [1.54, 1.807) is 16.7 Å². The summed E-state index contributed by atoms with van der Waals surface area (Å²) in [6.45, 7) is 0.103. The van der Waals surface area contributed by atoms with E-state index in [9.17, 15) is 9.90 Å². The number of halogens is 1. The zero-order valence-corrected chi connectivity index (χ0v) is 12.4. The first-order valence-corrected chi connectivity index (χ1v) is 7.63. The van der Waals surface area contributed by atoms with Crippen LogP contribution in [0.4, 0.5) is 0 Å². The Morgan fingerprint density at radius 3 is 3.05 bits per heavy atom. The minimum Gasteiger partial charge on any atom is -0.396 e. The third-order valence-electron chi connectivity index (χ3n) is 4.16. The molecule has 1 saturated carbocycles. The van der Waals surface area contributed by atoms with Crippen LogP contribution in [-0.4, -0.2) is 33.0 Å². The van der Waals surface area contributed by atoms with Crippen LogP contribution in [0.1, 0.15) is 36.2 Å². The van der Waals surface area contributed by atoms with Crippen molar-refractivity contribution in [3.05, 3.63) is 35.2 Å². The summed E-state index contributed by atoms with van der Waals surface area (Å²) < 4.78 is 1.69. The lowest BCUT2D eigenvalue weighted by Crippen LogP contribution is -2.43. The largest absolute Gasteiger partial charge is 0.396 e. The molecule has 6 heteroatoms. The number of nitrogens with zero attached hydrogens (tertiary/aromatic N) is 2. The highest BCUT2D eigenvalue weighted by atomic mass is 35.5. The molecule has 1 aliphatic carbocycles. The van der Waals surface area contributed by atoms with Gasteiger partial charge in [0, 0.05) is 24.8 Å². The summed E-state index contributed by atoms with van der Waals surface area (Å²) in [6.07, 6.45) is 5.79. The predicted octanol–water partition coefficient (Wildman–Crippen LogP) is 2.27. The van der Waals surface area contributed by atoms with Crippen LogP contribution < -0.4 is 5.32 Å². The molecule has 1 fully saturated rings. The maximum atomic E-state index is 12.5. The summed E-state index contributed by atoms with van der Waals surface area (Å²) in [4.78, 5) is 16.7. The van der Waals surface area contributed by atoms with Crippen molar-refractivity contribution in [2.75, 3.05) is 6.61 Å². The monoisotopic (exact) mass is 307 g/mol. The maximum absolute atomic E-state index is 12.5. The Hall–Kier alpha value is -1.59. The van der Waals surface area contributed by atoms with Gasteiger partial charge in [0.1, 0.15) is 5.65 Å². The van der Waals surface area contributed by atoms with Crippen LogP contribution in [0.25, 0.3) is 5.65 Å². The molecule has 0 aliphatic heterocycles. The summed E-state index contributed by atoms with van der Waals surface area (Å²) in [6, 6.07) is 5.49. The van der Waals surface area contributed by atoms with Gasteiger partial charge in [0.2, 0.25) is 0 Å². The summed E-state index contributed by atoms with van der Waals surface area (Å²) in [7, 11) is 0. The Labute approximate surface area is 127 Å². The molecule has 2 atom stereocenters. The topological polar surface area (TPSA) is 66.6 Å². The van der Waals surface area contributed by atoms with Crippen molar-refractivity contribution in [2.45, 2.75) is 31.7 Å². The molecular weight excluding hydrogens is 290 g/mol. The third kappa shape index (κ3) is 2.76. The van der Waals surface area contributed by atoms with Gasteiger partial charge < -0.3 is 10.4 Å². The molecule has 0 spiro atoms. The number of aliphatic hydroxyl groups is 1. The Kier molecular flexibility index (Phi) is 4.12. The Morgan fingerprint density at radius 1 is 1.43 bits per heavy atom. The molecule has 0 aromatic carbocycles. The van der Waals surface area contributed by atoms with Gasteiger partial charge in [-0.2, -0.15) is 0 Å². The van der Waals surface area contributed by atoms with Crippen LogP contribution in [0.2, 0.25) is 5.15 Å². The van der Waals surface area contributed by atoms with Crippen LogP contribution in [0.5, 0.6) is 0 Å². The second-order valence-corrected chi connectivity index (χ2v) is 5.85. The van der Waals surface area contributed by atoms with Crippen molar-refractivity contribution >= 4 is 23.2 Å². The van der Waals surface area contributed by atoms with Crippen molar-refractivity contribution in [2.24, 2.45) is 5.92 Å². The lowest BCUT2D eigenvalue weighted by atomic mass is 9.85. The molecule has 3 rings (SSSR count). The van der Waals surface area contributed by atoms with Gasteiger partial charge in [0.25, 0.3) is 5.91 Å². The molecule has 112 valence electrons. The smallest absolute Gasteiger partial charge is 0.271 e. The quantitative estimate of drug-likeness (QED) is 0.914. The van der Waals surface area contributed by atoms with Gasteiger partial charge in [-0.25, -0.2) is 4.98 Å². The van der Waals surface area contributed by atoms with E-state index in [2.05, 4.69) is 10.3 Å². The summed E-state index contributed by atoms with van der Waals surface area (Å²) >= 11 is 6.11. The highest BCUT2D eigenvalue weighted by molar-refractivity contribution is 6.32. The van der Waals surface area contributed by atoms with Crippen LogP contribution in [0.3, 0.4) is 0 Å². The number of pyridine rings is 1. The minimum atomic E-state index is -0.232. The van der Waals surface area contributed by atoms with Crippen molar-refractivity contribution in [1.29, 1.82) is 0 Å². The lowest BCUT2D eigenvalue weighted by Gasteiger charge is -2.30. The van der Waals surface area contributed by atoms with E-state index >= 15 is 0 Å². The van der Waals surface area contributed by atoms with Crippen LogP contribution in [0.15, 0.2) is 24.4 Å². The number of carbonyl (C=O) groups excluding carboxylic acids is 1. The summed E-state index contributed by atoms with van der Waals surface area (Å²) in [5.74, 6) is -0.107. The average Bonchev–Trinajstić information content (AvgIpc) is 2.83. The van der Waals surface area contributed by atoms with E-state index < -0.39 is 0 Å². The van der Waals surface area contributed by atoms with E-state index in [1.807, 2.05) is 12.1 Å². The van der Waals surface area contributed by atoms with Crippen molar-refractivity contribution in [3.63, 3.8) is 0 Å². The molecular formula is C15H18ClN3O2. The normalized spacial score (nSPS) is 22.4. The molecule has 1 aliphatic rings. The zero-order valence-electron chi connectivity index (χ0n) is 11.6. The Bertz CT molecular complexity index is 655. The second-order valence-electron chi connectivity index (χ2n) is 5.49. The van der Waals surface area contributed by atoms with Gasteiger partial charge in [0.05, 0.1) is 0 Å². The second kappa shape index (κ2) is 6.03. The number of imidazole rings is 1. The number of hydrogen-bond donors (Lipinski definition) is 2. The van der Waals surface area contributed by atoms with Gasteiger partial charge in [-0.15, -0.1) is 0 Å². The Balaban J connectivity index is 1.85. The molecule has 2 heterocycles. The number of fused-ring (bicyclic) bond motifs is 1. The number of carbonyl (C=O) groups is 1. The number of nitrogens with one attached hydrogen (secondary N) is 1.